The van der Waals surface area contributed by atoms with Crippen molar-refractivity contribution in [1.82, 2.24) is 5.32 Å². The summed E-state index contributed by atoms with van der Waals surface area (Å²) in [4.78, 5) is 0. The molecule has 1 rings (SSSR count). The van der Waals surface area contributed by atoms with E-state index in [1.807, 2.05) is 18.2 Å². The Morgan fingerprint density at radius 3 is 2.26 bits per heavy atom. The topological polar surface area (TPSA) is 32.3 Å². The average molecular weight is 263 g/mol. The van der Waals surface area contributed by atoms with Gasteiger partial charge in [0.2, 0.25) is 0 Å². The molecular weight excluding hydrogens is 234 g/mol. The third-order valence-electron chi connectivity index (χ3n) is 3.77. The van der Waals surface area contributed by atoms with E-state index >= 15 is 0 Å². The van der Waals surface area contributed by atoms with Crippen LogP contribution >= 0.6 is 0 Å². The van der Waals surface area contributed by atoms with Gasteiger partial charge in [-0.2, -0.15) is 0 Å². The summed E-state index contributed by atoms with van der Waals surface area (Å²) in [6, 6.07) is 10.2. The van der Waals surface area contributed by atoms with Crippen LogP contribution in [-0.2, 0) is 5.54 Å². The van der Waals surface area contributed by atoms with Gasteiger partial charge in [-0.25, -0.2) is 0 Å². The second kappa shape index (κ2) is 9.11. The first-order chi connectivity index (χ1) is 9.23. The summed E-state index contributed by atoms with van der Waals surface area (Å²) in [5.41, 5.74) is 0.841. The lowest BCUT2D eigenvalue weighted by atomic mass is 9.93. The number of unbranched alkanes of at least 4 members (excludes halogenated alkanes) is 5. The number of benzene rings is 1. The summed E-state index contributed by atoms with van der Waals surface area (Å²) in [5.74, 6) is 0. The maximum absolute atomic E-state index is 9.65. The van der Waals surface area contributed by atoms with Crippen LogP contribution in [0.1, 0.15) is 57.9 Å². The van der Waals surface area contributed by atoms with Crippen LogP contribution in [0.4, 0.5) is 0 Å². The molecule has 0 amide bonds. The Bertz CT molecular complexity index is 325. The summed E-state index contributed by atoms with van der Waals surface area (Å²) in [6.45, 7) is 5.42. The van der Waals surface area contributed by atoms with E-state index in [1.54, 1.807) is 0 Å². The van der Waals surface area contributed by atoms with E-state index in [2.05, 4.69) is 31.3 Å². The van der Waals surface area contributed by atoms with Crippen molar-refractivity contribution in [2.24, 2.45) is 0 Å². The molecule has 0 saturated heterocycles. The lowest BCUT2D eigenvalue weighted by Gasteiger charge is -2.29. The minimum Gasteiger partial charge on any atom is -0.394 e. The monoisotopic (exact) mass is 263 g/mol. The third-order valence-corrected chi connectivity index (χ3v) is 3.77. The molecule has 1 aromatic carbocycles. The quantitative estimate of drug-likeness (QED) is 0.629. The average Bonchev–Trinajstić information content (AvgIpc) is 2.47. The van der Waals surface area contributed by atoms with Crippen molar-refractivity contribution in [3.05, 3.63) is 35.9 Å². The van der Waals surface area contributed by atoms with Crippen LogP contribution in [-0.4, -0.2) is 18.3 Å². The Morgan fingerprint density at radius 2 is 1.63 bits per heavy atom. The van der Waals surface area contributed by atoms with Crippen LogP contribution < -0.4 is 5.32 Å². The molecule has 1 atom stereocenters. The van der Waals surface area contributed by atoms with Crippen molar-refractivity contribution in [1.29, 1.82) is 0 Å². The molecular formula is C17H29NO. The predicted octanol–water partition coefficient (Wildman–Crippen LogP) is 3.84. The van der Waals surface area contributed by atoms with Gasteiger partial charge >= 0.3 is 0 Å². The summed E-state index contributed by atoms with van der Waals surface area (Å²) in [5, 5.41) is 13.2. The number of rotatable bonds is 10. The summed E-state index contributed by atoms with van der Waals surface area (Å²) in [6.07, 6.45) is 7.80. The molecule has 1 aromatic rings. The lowest BCUT2D eigenvalue weighted by molar-refractivity contribution is 0.174. The zero-order valence-electron chi connectivity index (χ0n) is 12.5. The maximum Gasteiger partial charge on any atom is 0.0652 e. The van der Waals surface area contributed by atoms with Gasteiger partial charge in [-0.15, -0.1) is 0 Å². The Balaban J connectivity index is 2.29. The van der Waals surface area contributed by atoms with E-state index in [-0.39, 0.29) is 12.1 Å². The molecule has 1 unspecified atom stereocenters. The Morgan fingerprint density at radius 1 is 1.00 bits per heavy atom. The largest absolute Gasteiger partial charge is 0.394 e. The minimum absolute atomic E-state index is 0.132. The van der Waals surface area contributed by atoms with E-state index < -0.39 is 0 Å². The van der Waals surface area contributed by atoms with E-state index in [0.29, 0.717) is 0 Å². The normalized spacial score (nSPS) is 14.3. The fraction of sp³-hybridized carbons (Fsp3) is 0.647. The molecule has 0 heterocycles. The van der Waals surface area contributed by atoms with Gasteiger partial charge in [0.1, 0.15) is 0 Å². The standard InChI is InChI=1S/C17H29NO/c1-3-4-5-6-7-11-14-18-17(2,15-19)16-12-9-8-10-13-16/h8-10,12-13,18-19H,3-7,11,14-15H2,1-2H3. The molecule has 0 saturated carbocycles. The number of nitrogens with one attached hydrogen (secondary N) is 1. The number of aliphatic hydroxyl groups is 1. The number of hydrogen-bond donors (Lipinski definition) is 2. The molecule has 2 N–H and O–H groups in total. The summed E-state index contributed by atoms with van der Waals surface area (Å²) in [7, 11) is 0. The number of hydrogen-bond acceptors (Lipinski definition) is 2. The molecule has 0 aromatic heterocycles. The third kappa shape index (κ3) is 5.75. The Labute approximate surface area is 118 Å². The van der Waals surface area contributed by atoms with Crippen LogP contribution in [0.3, 0.4) is 0 Å². The SMILES string of the molecule is CCCCCCCCNC(C)(CO)c1ccccc1. The van der Waals surface area contributed by atoms with Gasteiger partial charge < -0.3 is 10.4 Å². The minimum atomic E-state index is -0.315. The van der Waals surface area contributed by atoms with E-state index in [1.165, 1.54) is 38.5 Å². The van der Waals surface area contributed by atoms with Crippen LogP contribution in [0.5, 0.6) is 0 Å². The van der Waals surface area contributed by atoms with E-state index in [0.717, 1.165) is 12.1 Å². The zero-order chi connectivity index (χ0) is 14.0. The summed E-state index contributed by atoms with van der Waals surface area (Å²) >= 11 is 0. The molecule has 0 fully saturated rings. The second-order valence-corrected chi connectivity index (χ2v) is 5.55. The smallest absolute Gasteiger partial charge is 0.0652 e. The highest BCUT2D eigenvalue weighted by atomic mass is 16.3. The molecule has 108 valence electrons. The van der Waals surface area contributed by atoms with E-state index in [9.17, 15) is 5.11 Å². The molecule has 0 aliphatic heterocycles. The van der Waals surface area contributed by atoms with Crippen molar-refractivity contribution in [3.8, 4) is 0 Å². The first kappa shape index (κ1) is 16.2. The van der Waals surface area contributed by atoms with Gasteiger partial charge in [-0.3, -0.25) is 0 Å². The van der Waals surface area contributed by atoms with Crippen LogP contribution in [0.2, 0.25) is 0 Å². The van der Waals surface area contributed by atoms with Crippen molar-refractivity contribution in [3.63, 3.8) is 0 Å². The first-order valence-electron chi connectivity index (χ1n) is 7.64. The van der Waals surface area contributed by atoms with Gasteiger partial charge in [-0.05, 0) is 25.5 Å². The fourth-order valence-corrected chi connectivity index (χ4v) is 2.32. The van der Waals surface area contributed by atoms with Gasteiger partial charge in [0.25, 0.3) is 0 Å². The Kier molecular flexibility index (Phi) is 7.76. The molecule has 0 aliphatic carbocycles. The predicted molar refractivity (Wildman–Crippen MR) is 82.3 cm³/mol. The summed E-state index contributed by atoms with van der Waals surface area (Å²) < 4.78 is 0. The van der Waals surface area contributed by atoms with Crippen molar-refractivity contribution in [2.45, 2.75) is 57.9 Å². The molecule has 19 heavy (non-hydrogen) atoms. The van der Waals surface area contributed by atoms with Crippen LogP contribution in [0, 0.1) is 0 Å². The zero-order valence-corrected chi connectivity index (χ0v) is 12.5. The first-order valence-corrected chi connectivity index (χ1v) is 7.64. The molecule has 0 aliphatic rings. The van der Waals surface area contributed by atoms with Crippen molar-refractivity contribution < 1.29 is 5.11 Å². The van der Waals surface area contributed by atoms with Gasteiger partial charge in [0.15, 0.2) is 0 Å². The fourth-order valence-electron chi connectivity index (χ4n) is 2.32. The highest BCUT2D eigenvalue weighted by Gasteiger charge is 2.24. The highest BCUT2D eigenvalue weighted by molar-refractivity contribution is 5.23. The molecule has 0 radical (unpaired) electrons. The van der Waals surface area contributed by atoms with Gasteiger partial charge in [0.05, 0.1) is 12.1 Å². The molecule has 2 heteroatoms. The van der Waals surface area contributed by atoms with Crippen molar-refractivity contribution >= 4 is 0 Å². The van der Waals surface area contributed by atoms with Crippen LogP contribution in [0.15, 0.2) is 30.3 Å². The molecule has 0 bridgehead atoms. The van der Waals surface area contributed by atoms with Gasteiger partial charge in [0, 0.05) is 0 Å². The van der Waals surface area contributed by atoms with Crippen molar-refractivity contribution in [2.75, 3.05) is 13.2 Å². The Hall–Kier alpha value is -0.860. The van der Waals surface area contributed by atoms with E-state index in [4.69, 9.17) is 0 Å². The number of aliphatic hydroxyl groups excluding tert-OH is 1. The molecule has 2 nitrogen and oxygen atoms in total. The maximum atomic E-state index is 9.65. The molecule has 0 spiro atoms. The van der Waals surface area contributed by atoms with Gasteiger partial charge in [-0.1, -0.05) is 69.4 Å². The van der Waals surface area contributed by atoms with Crippen LogP contribution in [0.25, 0.3) is 0 Å². The lowest BCUT2D eigenvalue weighted by Crippen LogP contribution is -2.43. The highest BCUT2D eigenvalue weighted by Crippen LogP contribution is 2.19. The second-order valence-electron chi connectivity index (χ2n) is 5.55.